The number of rotatable bonds is 5. The van der Waals surface area contributed by atoms with Gasteiger partial charge >= 0.3 is 12.0 Å². The van der Waals surface area contributed by atoms with Gasteiger partial charge in [-0.15, -0.1) is 0 Å². The number of hydrogen-bond acceptors (Lipinski definition) is 4. The van der Waals surface area contributed by atoms with Gasteiger partial charge in [-0.25, -0.2) is 4.79 Å². The number of aliphatic carboxylic acids is 1. The summed E-state index contributed by atoms with van der Waals surface area (Å²) in [6.07, 6.45) is 0. The summed E-state index contributed by atoms with van der Waals surface area (Å²) < 4.78 is 0.355. The quantitative estimate of drug-likeness (QED) is 0.557. The van der Waals surface area contributed by atoms with Crippen molar-refractivity contribution in [2.45, 2.75) is 6.92 Å². The molecule has 0 aromatic heterocycles. The summed E-state index contributed by atoms with van der Waals surface area (Å²) in [5.74, 6) is -1.72. The van der Waals surface area contributed by atoms with E-state index in [0.29, 0.717) is 10.2 Å². The lowest BCUT2D eigenvalue weighted by molar-refractivity contribution is -0.384. The summed E-state index contributed by atoms with van der Waals surface area (Å²) in [5, 5.41) is 24.1. The van der Waals surface area contributed by atoms with Crippen molar-refractivity contribution in [1.29, 1.82) is 0 Å². The van der Waals surface area contributed by atoms with E-state index >= 15 is 0 Å². The molecule has 108 valence electrons. The highest BCUT2D eigenvalue weighted by Crippen LogP contribution is 2.26. The first-order chi connectivity index (χ1) is 9.31. The predicted octanol–water partition coefficient (Wildman–Crippen LogP) is 2.20. The molecule has 0 spiro atoms. The van der Waals surface area contributed by atoms with Gasteiger partial charge in [0.1, 0.15) is 0 Å². The van der Waals surface area contributed by atoms with Crippen molar-refractivity contribution < 1.29 is 19.6 Å². The fraction of sp³-hybridized carbons (Fsp3) is 0.273. The van der Waals surface area contributed by atoms with Crippen LogP contribution in [0.2, 0.25) is 0 Å². The van der Waals surface area contributed by atoms with E-state index in [-0.39, 0.29) is 12.2 Å². The summed E-state index contributed by atoms with van der Waals surface area (Å²) in [6.45, 7) is 1.44. The van der Waals surface area contributed by atoms with Gasteiger partial charge < -0.3 is 15.7 Å². The molecule has 1 unspecified atom stereocenters. The average Bonchev–Trinajstić information content (AvgIpc) is 2.37. The van der Waals surface area contributed by atoms with Crippen molar-refractivity contribution in [3.8, 4) is 0 Å². The fourth-order valence-corrected chi connectivity index (χ4v) is 1.68. The zero-order valence-corrected chi connectivity index (χ0v) is 12.0. The zero-order chi connectivity index (χ0) is 15.3. The van der Waals surface area contributed by atoms with Gasteiger partial charge in [-0.05, 0) is 22.0 Å². The minimum Gasteiger partial charge on any atom is -0.481 e. The Bertz CT molecular complexity index is 549. The molecule has 0 heterocycles. The lowest BCUT2D eigenvalue weighted by Gasteiger charge is -2.10. The monoisotopic (exact) mass is 345 g/mol. The molecule has 1 atom stereocenters. The molecule has 0 aliphatic carbocycles. The van der Waals surface area contributed by atoms with Crippen LogP contribution >= 0.6 is 15.9 Å². The number of nitrogens with zero attached hydrogens (tertiary/aromatic N) is 1. The number of nitro groups is 1. The van der Waals surface area contributed by atoms with Gasteiger partial charge in [-0.3, -0.25) is 14.9 Å². The second-order valence-corrected chi connectivity index (χ2v) is 4.85. The van der Waals surface area contributed by atoms with Gasteiger partial charge in [-0.2, -0.15) is 0 Å². The summed E-state index contributed by atoms with van der Waals surface area (Å²) in [5.41, 5.74) is 0.235. The van der Waals surface area contributed by atoms with E-state index in [1.165, 1.54) is 25.1 Å². The Labute approximate surface area is 122 Å². The SMILES string of the molecule is CC(CNC(=O)Nc1ccc([N+](=O)[O-])cc1Br)C(=O)O. The van der Waals surface area contributed by atoms with E-state index in [0.717, 1.165) is 0 Å². The van der Waals surface area contributed by atoms with Crippen molar-refractivity contribution >= 4 is 39.3 Å². The molecule has 0 saturated carbocycles. The Hall–Kier alpha value is -2.16. The van der Waals surface area contributed by atoms with Crippen molar-refractivity contribution in [1.82, 2.24) is 5.32 Å². The molecule has 1 rings (SSSR count). The summed E-state index contributed by atoms with van der Waals surface area (Å²) >= 11 is 3.11. The number of halogens is 1. The Balaban J connectivity index is 2.62. The van der Waals surface area contributed by atoms with E-state index in [4.69, 9.17) is 5.11 Å². The van der Waals surface area contributed by atoms with E-state index in [1.807, 2.05) is 0 Å². The van der Waals surface area contributed by atoms with Gasteiger partial charge in [0.25, 0.3) is 5.69 Å². The molecule has 3 N–H and O–H groups in total. The molecular formula is C11H12BrN3O5. The van der Waals surface area contributed by atoms with Crippen molar-refractivity contribution in [3.63, 3.8) is 0 Å². The number of non-ortho nitro benzene ring substituents is 1. The van der Waals surface area contributed by atoms with Crippen LogP contribution in [-0.4, -0.2) is 28.6 Å². The molecule has 1 aromatic rings. The number of nitro benzene ring substituents is 1. The van der Waals surface area contributed by atoms with Crippen molar-refractivity contribution in [2.24, 2.45) is 5.92 Å². The molecular weight excluding hydrogens is 334 g/mol. The van der Waals surface area contributed by atoms with Crippen molar-refractivity contribution in [2.75, 3.05) is 11.9 Å². The number of amides is 2. The first kappa shape index (κ1) is 15.9. The molecule has 0 aliphatic heterocycles. The molecule has 9 heteroatoms. The maximum Gasteiger partial charge on any atom is 0.319 e. The van der Waals surface area contributed by atoms with Crippen LogP contribution in [0.5, 0.6) is 0 Å². The summed E-state index contributed by atoms with van der Waals surface area (Å²) in [7, 11) is 0. The molecule has 8 nitrogen and oxygen atoms in total. The number of carbonyl (C=O) groups excluding carboxylic acids is 1. The minimum absolute atomic E-state index is 0.0221. The number of carbonyl (C=O) groups is 2. The molecule has 20 heavy (non-hydrogen) atoms. The number of benzene rings is 1. The first-order valence-corrected chi connectivity index (χ1v) is 6.32. The maximum atomic E-state index is 11.5. The first-order valence-electron chi connectivity index (χ1n) is 5.53. The normalized spacial score (nSPS) is 11.5. The van der Waals surface area contributed by atoms with Gasteiger partial charge in [0.15, 0.2) is 0 Å². The molecule has 0 aliphatic rings. The highest BCUT2D eigenvalue weighted by molar-refractivity contribution is 9.10. The van der Waals surface area contributed by atoms with Crippen LogP contribution in [0.15, 0.2) is 22.7 Å². The van der Waals surface area contributed by atoms with Crippen molar-refractivity contribution in [3.05, 3.63) is 32.8 Å². The van der Waals surface area contributed by atoms with Gasteiger partial charge in [0.2, 0.25) is 0 Å². The Morgan fingerprint density at radius 3 is 2.65 bits per heavy atom. The lowest BCUT2D eigenvalue weighted by Crippen LogP contribution is -2.34. The molecule has 0 saturated heterocycles. The molecule has 2 amide bonds. The number of urea groups is 1. The van der Waals surface area contributed by atoms with Crippen LogP contribution in [0.25, 0.3) is 0 Å². The number of hydrogen-bond donors (Lipinski definition) is 3. The van der Waals surface area contributed by atoms with E-state index in [9.17, 15) is 19.7 Å². The standard InChI is InChI=1S/C11H12BrN3O5/c1-6(10(16)17)5-13-11(18)14-9-3-2-7(15(19)20)4-8(9)12/h2-4,6H,5H2,1H3,(H,16,17)(H2,13,14,18). The fourth-order valence-electron chi connectivity index (χ4n) is 1.22. The van der Waals surface area contributed by atoms with Crippen LogP contribution in [0, 0.1) is 16.0 Å². The average molecular weight is 346 g/mol. The predicted molar refractivity (Wildman–Crippen MR) is 74.6 cm³/mol. The highest BCUT2D eigenvalue weighted by Gasteiger charge is 2.14. The molecule has 0 fully saturated rings. The Morgan fingerprint density at radius 1 is 1.50 bits per heavy atom. The van der Waals surface area contributed by atoms with Gasteiger partial charge in [-0.1, -0.05) is 6.92 Å². The minimum atomic E-state index is -1.01. The van der Waals surface area contributed by atoms with E-state index < -0.39 is 22.8 Å². The van der Waals surface area contributed by atoms with Crippen LogP contribution < -0.4 is 10.6 Å². The smallest absolute Gasteiger partial charge is 0.319 e. The largest absolute Gasteiger partial charge is 0.481 e. The Kier molecular flexibility index (Phi) is 5.44. The number of carboxylic acids is 1. The lowest BCUT2D eigenvalue weighted by atomic mass is 10.2. The van der Waals surface area contributed by atoms with Gasteiger partial charge in [0.05, 0.1) is 16.5 Å². The molecule has 1 aromatic carbocycles. The van der Waals surface area contributed by atoms with Gasteiger partial charge in [0, 0.05) is 23.2 Å². The topological polar surface area (TPSA) is 122 Å². The highest BCUT2D eigenvalue weighted by atomic mass is 79.9. The third-order valence-electron chi connectivity index (χ3n) is 2.40. The number of nitrogens with one attached hydrogen (secondary N) is 2. The van der Waals surface area contributed by atoms with Crippen LogP contribution in [0.4, 0.5) is 16.2 Å². The molecule has 0 radical (unpaired) electrons. The number of carboxylic acid groups (broad SMARTS) is 1. The third-order valence-corrected chi connectivity index (χ3v) is 3.06. The zero-order valence-electron chi connectivity index (χ0n) is 10.4. The third kappa shape index (κ3) is 4.50. The summed E-state index contributed by atoms with van der Waals surface area (Å²) in [4.78, 5) is 32.1. The number of anilines is 1. The van der Waals surface area contributed by atoms with E-state index in [1.54, 1.807) is 0 Å². The second kappa shape index (κ2) is 6.85. The second-order valence-electron chi connectivity index (χ2n) is 4.00. The van der Waals surface area contributed by atoms with Crippen LogP contribution in [0.1, 0.15) is 6.92 Å². The Morgan fingerprint density at radius 2 is 2.15 bits per heavy atom. The maximum absolute atomic E-state index is 11.5. The van der Waals surface area contributed by atoms with E-state index in [2.05, 4.69) is 26.6 Å². The summed E-state index contributed by atoms with van der Waals surface area (Å²) in [6, 6.07) is 3.30. The van der Waals surface area contributed by atoms with Crippen LogP contribution in [0.3, 0.4) is 0 Å². The van der Waals surface area contributed by atoms with Crippen LogP contribution in [-0.2, 0) is 4.79 Å². The molecule has 0 bridgehead atoms.